The zero-order valence-electron chi connectivity index (χ0n) is 12.6. The van der Waals surface area contributed by atoms with E-state index in [0.717, 1.165) is 29.1 Å². The van der Waals surface area contributed by atoms with Crippen molar-refractivity contribution in [1.29, 1.82) is 0 Å². The van der Waals surface area contributed by atoms with E-state index in [2.05, 4.69) is 22.0 Å². The van der Waals surface area contributed by atoms with Gasteiger partial charge in [-0.05, 0) is 25.2 Å². The van der Waals surface area contributed by atoms with Gasteiger partial charge in [0.05, 0.1) is 5.69 Å². The van der Waals surface area contributed by atoms with Crippen LogP contribution in [0, 0.1) is 0 Å². The van der Waals surface area contributed by atoms with Crippen LogP contribution in [0.3, 0.4) is 0 Å². The quantitative estimate of drug-likeness (QED) is 0.872. The van der Waals surface area contributed by atoms with Crippen molar-refractivity contribution < 1.29 is 9.90 Å². The van der Waals surface area contributed by atoms with Crippen LogP contribution in [0.1, 0.15) is 12.8 Å². The van der Waals surface area contributed by atoms with Gasteiger partial charge in [-0.2, -0.15) is 5.10 Å². The highest BCUT2D eigenvalue weighted by molar-refractivity contribution is 7.98. The molecule has 0 aromatic carbocycles. The molecule has 118 valence electrons. The van der Waals surface area contributed by atoms with Crippen LogP contribution in [-0.4, -0.2) is 63.1 Å². The smallest absolute Gasteiger partial charge is 0.407 e. The molecule has 0 radical (unpaired) electrons. The Balaban J connectivity index is 1.84. The molecule has 2 aromatic heterocycles. The molecular weight excluding hydrogens is 302 g/mol. The molecule has 0 saturated carbocycles. The number of aromatic nitrogens is 3. The molecule has 1 fully saturated rings. The van der Waals surface area contributed by atoms with Crippen LogP contribution in [0.4, 0.5) is 10.5 Å². The Morgan fingerprint density at radius 3 is 2.82 bits per heavy atom. The molecule has 8 heteroatoms. The average molecular weight is 321 g/mol. The second kappa shape index (κ2) is 6.04. The van der Waals surface area contributed by atoms with Gasteiger partial charge in [0.15, 0.2) is 0 Å². The summed E-state index contributed by atoms with van der Waals surface area (Å²) >= 11 is 1.60. The van der Waals surface area contributed by atoms with Crippen molar-refractivity contribution in [2.24, 2.45) is 0 Å². The fourth-order valence-corrected chi connectivity index (χ4v) is 3.53. The Morgan fingerprint density at radius 1 is 1.45 bits per heavy atom. The third kappa shape index (κ3) is 2.58. The van der Waals surface area contributed by atoms with E-state index in [0.29, 0.717) is 19.1 Å². The molecule has 0 bridgehead atoms. The number of piperidine rings is 1. The summed E-state index contributed by atoms with van der Waals surface area (Å²) in [4.78, 5) is 19.1. The summed E-state index contributed by atoms with van der Waals surface area (Å²) in [6.45, 7) is 1.17. The van der Waals surface area contributed by atoms with Gasteiger partial charge in [0.25, 0.3) is 0 Å². The standard InChI is InChI=1S/C14H19N5O2S/c1-17(10-3-6-18(7-4-10)14(20)21)11-5-8-19-12(11)13(22-2)15-9-16-19/h5,8-10H,3-4,6-7H2,1-2H3,(H,20,21). The van der Waals surface area contributed by atoms with E-state index in [1.807, 2.05) is 23.0 Å². The highest BCUT2D eigenvalue weighted by atomic mass is 32.2. The van der Waals surface area contributed by atoms with Crippen molar-refractivity contribution in [1.82, 2.24) is 19.5 Å². The third-order valence-electron chi connectivity index (χ3n) is 4.25. The van der Waals surface area contributed by atoms with Crippen LogP contribution in [0.2, 0.25) is 0 Å². The minimum Gasteiger partial charge on any atom is -0.465 e. The lowest BCUT2D eigenvalue weighted by Crippen LogP contribution is -2.45. The van der Waals surface area contributed by atoms with Crippen molar-refractivity contribution in [2.45, 2.75) is 23.9 Å². The van der Waals surface area contributed by atoms with Crippen molar-refractivity contribution >= 4 is 29.1 Å². The number of carboxylic acid groups (broad SMARTS) is 1. The predicted octanol–water partition coefficient (Wildman–Crippen LogP) is 2.03. The number of rotatable bonds is 3. The SMILES string of the molecule is CSc1ncnn2ccc(N(C)C3CCN(C(=O)O)CC3)c12. The lowest BCUT2D eigenvalue weighted by atomic mass is 10.0. The van der Waals surface area contributed by atoms with Gasteiger partial charge in [0.1, 0.15) is 16.9 Å². The number of anilines is 1. The van der Waals surface area contributed by atoms with Crippen LogP contribution in [0.5, 0.6) is 0 Å². The summed E-state index contributed by atoms with van der Waals surface area (Å²) in [6, 6.07) is 2.38. The molecule has 3 rings (SSSR count). The number of amides is 1. The first kappa shape index (κ1) is 15.0. The maximum absolute atomic E-state index is 11.0. The molecule has 0 atom stereocenters. The zero-order valence-corrected chi connectivity index (χ0v) is 13.5. The summed E-state index contributed by atoms with van der Waals surface area (Å²) in [6.07, 6.45) is 6.35. The molecule has 0 spiro atoms. The van der Waals surface area contributed by atoms with E-state index in [1.54, 1.807) is 18.1 Å². The minimum absolute atomic E-state index is 0.330. The highest BCUT2D eigenvalue weighted by Crippen LogP contribution is 2.31. The van der Waals surface area contributed by atoms with Gasteiger partial charge in [-0.3, -0.25) is 0 Å². The minimum atomic E-state index is -0.825. The van der Waals surface area contributed by atoms with E-state index < -0.39 is 6.09 Å². The van der Waals surface area contributed by atoms with E-state index in [-0.39, 0.29) is 0 Å². The van der Waals surface area contributed by atoms with E-state index in [1.165, 1.54) is 4.90 Å². The summed E-state index contributed by atoms with van der Waals surface area (Å²) in [5.41, 5.74) is 2.11. The van der Waals surface area contributed by atoms with Gasteiger partial charge in [-0.25, -0.2) is 14.3 Å². The lowest BCUT2D eigenvalue weighted by molar-refractivity contribution is 0.132. The van der Waals surface area contributed by atoms with Crippen LogP contribution in [0.25, 0.3) is 5.52 Å². The molecule has 0 aliphatic carbocycles. The van der Waals surface area contributed by atoms with Gasteiger partial charge in [0, 0.05) is 32.4 Å². The number of nitrogens with zero attached hydrogens (tertiary/aromatic N) is 5. The maximum atomic E-state index is 11.0. The largest absolute Gasteiger partial charge is 0.465 e. The first-order valence-corrected chi connectivity index (χ1v) is 8.41. The summed E-state index contributed by atoms with van der Waals surface area (Å²) in [7, 11) is 2.06. The fraction of sp³-hybridized carbons (Fsp3) is 0.500. The molecule has 1 N–H and O–H groups in total. The lowest BCUT2D eigenvalue weighted by Gasteiger charge is -2.36. The Bertz CT molecular complexity index is 681. The van der Waals surface area contributed by atoms with Crippen LogP contribution < -0.4 is 4.90 Å². The molecule has 22 heavy (non-hydrogen) atoms. The summed E-state index contributed by atoms with van der Waals surface area (Å²) in [5, 5.41) is 14.2. The highest BCUT2D eigenvalue weighted by Gasteiger charge is 2.26. The third-order valence-corrected chi connectivity index (χ3v) is 4.94. The first-order chi connectivity index (χ1) is 10.6. The van der Waals surface area contributed by atoms with E-state index in [9.17, 15) is 4.79 Å². The molecule has 1 saturated heterocycles. The zero-order chi connectivity index (χ0) is 15.7. The van der Waals surface area contributed by atoms with Gasteiger partial charge >= 0.3 is 6.09 Å². The number of carbonyl (C=O) groups is 1. The summed E-state index contributed by atoms with van der Waals surface area (Å²) < 4.78 is 1.84. The van der Waals surface area contributed by atoms with Gasteiger partial charge < -0.3 is 14.9 Å². The Hall–Kier alpha value is -1.96. The Kier molecular flexibility index (Phi) is 4.10. The average Bonchev–Trinajstić information content (AvgIpc) is 2.98. The molecule has 2 aromatic rings. The van der Waals surface area contributed by atoms with Crippen LogP contribution in [-0.2, 0) is 0 Å². The van der Waals surface area contributed by atoms with E-state index in [4.69, 9.17) is 5.11 Å². The molecule has 7 nitrogen and oxygen atoms in total. The normalized spacial score (nSPS) is 16.2. The molecular formula is C14H19N5O2S. The van der Waals surface area contributed by atoms with Crippen LogP contribution >= 0.6 is 11.8 Å². The van der Waals surface area contributed by atoms with Crippen LogP contribution in [0.15, 0.2) is 23.6 Å². The Morgan fingerprint density at radius 2 is 2.18 bits per heavy atom. The Labute approximate surface area is 132 Å². The number of fused-ring (bicyclic) bond motifs is 1. The van der Waals surface area contributed by atoms with Crippen molar-refractivity contribution in [3.63, 3.8) is 0 Å². The molecule has 3 heterocycles. The molecule has 1 amide bonds. The number of thioether (sulfide) groups is 1. The fourth-order valence-electron chi connectivity index (χ4n) is 2.99. The number of hydrogen-bond donors (Lipinski definition) is 1. The molecule has 1 aliphatic heterocycles. The van der Waals surface area contributed by atoms with Gasteiger partial charge in [0.2, 0.25) is 0 Å². The monoisotopic (exact) mass is 321 g/mol. The van der Waals surface area contributed by atoms with E-state index >= 15 is 0 Å². The second-order valence-corrected chi connectivity index (χ2v) is 6.17. The number of hydrogen-bond acceptors (Lipinski definition) is 5. The maximum Gasteiger partial charge on any atom is 0.407 e. The first-order valence-electron chi connectivity index (χ1n) is 7.19. The van der Waals surface area contributed by atoms with Crippen molar-refractivity contribution in [2.75, 3.05) is 31.3 Å². The van der Waals surface area contributed by atoms with Gasteiger partial charge in [-0.1, -0.05) is 0 Å². The predicted molar refractivity (Wildman–Crippen MR) is 85.8 cm³/mol. The second-order valence-electron chi connectivity index (χ2n) is 5.38. The van der Waals surface area contributed by atoms with Crippen molar-refractivity contribution in [3.8, 4) is 0 Å². The topological polar surface area (TPSA) is 74.0 Å². The molecule has 1 aliphatic rings. The van der Waals surface area contributed by atoms with Gasteiger partial charge in [-0.15, -0.1) is 11.8 Å². The number of likely N-dealkylation sites (tertiary alicyclic amines) is 1. The summed E-state index contributed by atoms with van der Waals surface area (Å²) in [5.74, 6) is 0. The van der Waals surface area contributed by atoms with Crippen molar-refractivity contribution in [3.05, 3.63) is 18.6 Å². The molecule has 0 unspecified atom stereocenters.